The molecule has 0 spiro atoms. The number of imidazole rings is 1. The topological polar surface area (TPSA) is 110 Å². The Bertz CT molecular complexity index is 1350. The fourth-order valence-electron chi connectivity index (χ4n) is 5.61. The third-order valence-electron chi connectivity index (χ3n) is 7.95. The van der Waals surface area contributed by atoms with E-state index < -0.39 is 73.3 Å². The minimum Gasteiger partial charge on any atom is -0.382 e. The number of nitrogens with one attached hydrogen (secondary N) is 2. The fourth-order valence-corrected chi connectivity index (χ4v) is 5.61. The van der Waals surface area contributed by atoms with Gasteiger partial charge in [0.15, 0.2) is 11.5 Å². The molecule has 2 aromatic heterocycles. The third-order valence-corrected chi connectivity index (χ3v) is 7.95. The van der Waals surface area contributed by atoms with Crippen molar-refractivity contribution >= 4 is 17.6 Å². The highest BCUT2D eigenvalue weighted by atomic mass is 19.4. The van der Waals surface area contributed by atoms with Gasteiger partial charge in [-0.3, -0.25) is 4.79 Å². The zero-order valence-electron chi connectivity index (χ0n) is 22.6. The van der Waals surface area contributed by atoms with E-state index in [1.54, 1.807) is 0 Å². The van der Waals surface area contributed by atoms with Gasteiger partial charge in [-0.2, -0.15) is 18.3 Å². The summed E-state index contributed by atoms with van der Waals surface area (Å²) in [6, 6.07) is -3.29. The largest absolute Gasteiger partial charge is 0.410 e. The van der Waals surface area contributed by atoms with E-state index in [9.17, 15) is 35.9 Å². The van der Waals surface area contributed by atoms with E-state index in [1.807, 2.05) is 5.32 Å². The molecule has 42 heavy (non-hydrogen) atoms. The van der Waals surface area contributed by atoms with Crippen molar-refractivity contribution in [3.63, 3.8) is 0 Å². The first-order valence-corrected chi connectivity index (χ1v) is 13.5. The van der Waals surface area contributed by atoms with Crippen molar-refractivity contribution in [3.8, 4) is 0 Å². The van der Waals surface area contributed by atoms with Gasteiger partial charge >= 0.3 is 12.2 Å². The zero-order valence-corrected chi connectivity index (χ0v) is 22.6. The lowest BCUT2D eigenvalue weighted by Gasteiger charge is -2.33. The minimum atomic E-state index is -4.63. The number of urea groups is 1. The van der Waals surface area contributed by atoms with Crippen LogP contribution in [0.2, 0.25) is 0 Å². The van der Waals surface area contributed by atoms with E-state index in [2.05, 4.69) is 15.4 Å². The van der Waals surface area contributed by atoms with Crippen molar-refractivity contribution < 1.29 is 45.4 Å². The number of methoxy groups -OCH3 is 1. The summed E-state index contributed by atoms with van der Waals surface area (Å²) >= 11 is 0. The van der Waals surface area contributed by atoms with E-state index in [1.165, 1.54) is 30.1 Å². The highest BCUT2D eigenvalue weighted by molar-refractivity contribution is 5.92. The molecule has 2 aromatic rings. The number of aromatic nitrogens is 3. The number of alkyl halides is 5. The van der Waals surface area contributed by atoms with Gasteiger partial charge < -0.3 is 25.0 Å². The van der Waals surface area contributed by atoms with Gasteiger partial charge in [-0.15, -0.1) is 0 Å². The molecular formula is C26H30F6N6O4. The van der Waals surface area contributed by atoms with Crippen LogP contribution in [-0.4, -0.2) is 83.1 Å². The number of hydrogen-bond donors (Lipinski definition) is 2. The van der Waals surface area contributed by atoms with Gasteiger partial charge in [0, 0.05) is 25.5 Å². The van der Waals surface area contributed by atoms with Crippen LogP contribution in [0.15, 0.2) is 29.9 Å². The number of amides is 3. The van der Waals surface area contributed by atoms with Crippen LogP contribution in [0.1, 0.15) is 55.4 Å². The van der Waals surface area contributed by atoms with Gasteiger partial charge in [0.2, 0.25) is 5.92 Å². The van der Waals surface area contributed by atoms with Crippen LogP contribution in [-0.2, 0) is 14.3 Å². The Labute approximate surface area is 236 Å². The Balaban J connectivity index is 1.44. The first-order valence-electron chi connectivity index (χ1n) is 13.5. The van der Waals surface area contributed by atoms with Gasteiger partial charge in [0.25, 0.3) is 5.91 Å². The lowest BCUT2D eigenvalue weighted by Crippen LogP contribution is -2.40. The van der Waals surface area contributed by atoms with Crippen molar-refractivity contribution in [3.05, 3.63) is 41.1 Å². The predicted molar refractivity (Wildman–Crippen MR) is 134 cm³/mol. The normalized spacial score (nSPS) is 24.1. The molecule has 0 bridgehead atoms. The molecule has 2 saturated heterocycles. The van der Waals surface area contributed by atoms with Gasteiger partial charge in [-0.1, -0.05) is 0 Å². The second kappa shape index (κ2) is 11.7. The third kappa shape index (κ3) is 6.33. The Kier molecular flexibility index (Phi) is 8.38. The molecule has 1 aliphatic carbocycles. The van der Waals surface area contributed by atoms with Gasteiger partial charge in [0.05, 0.1) is 56.5 Å². The van der Waals surface area contributed by atoms with Crippen molar-refractivity contribution in [2.45, 2.75) is 62.3 Å². The van der Waals surface area contributed by atoms with Gasteiger partial charge in [-0.25, -0.2) is 27.5 Å². The number of rotatable bonds is 8. The van der Waals surface area contributed by atoms with Crippen LogP contribution in [0, 0.1) is 5.92 Å². The van der Waals surface area contributed by atoms with E-state index in [4.69, 9.17) is 9.47 Å². The number of ether oxygens (including phenoxy) is 2. The van der Waals surface area contributed by atoms with Crippen LogP contribution in [0.3, 0.4) is 0 Å². The molecule has 3 fully saturated rings. The molecule has 10 nitrogen and oxygen atoms in total. The summed E-state index contributed by atoms with van der Waals surface area (Å²) in [7, 11) is 1.34. The van der Waals surface area contributed by atoms with Crippen molar-refractivity contribution in [1.82, 2.24) is 30.1 Å². The molecule has 3 atom stereocenters. The van der Waals surface area contributed by atoms with E-state index in [-0.39, 0.29) is 56.0 Å². The second-order valence-corrected chi connectivity index (χ2v) is 10.8. The van der Waals surface area contributed by atoms with Gasteiger partial charge in [0.1, 0.15) is 6.04 Å². The maximum Gasteiger partial charge on any atom is 0.410 e. The Morgan fingerprint density at radius 2 is 2.05 bits per heavy atom. The molecule has 0 aromatic carbocycles. The first-order chi connectivity index (χ1) is 19.9. The molecule has 2 N–H and O–H groups in total. The summed E-state index contributed by atoms with van der Waals surface area (Å²) in [6.07, 6.45) is -2.20. The molecule has 1 saturated carbocycles. The van der Waals surface area contributed by atoms with Crippen molar-refractivity contribution in [1.29, 1.82) is 0 Å². The average molecular weight is 605 g/mol. The lowest BCUT2D eigenvalue weighted by molar-refractivity contribution is -0.150. The van der Waals surface area contributed by atoms with Crippen molar-refractivity contribution in [2.75, 3.05) is 33.5 Å². The van der Waals surface area contributed by atoms with Gasteiger partial charge in [-0.05, 0) is 36.8 Å². The summed E-state index contributed by atoms with van der Waals surface area (Å²) in [5.41, 5.74) is 1.03. The molecule has 0 unspecified atom stereocenters. The second-order valence-electron chi connectivity index (χ2n) is 10.8. The zero-order chi connectivity index (χ0) is 30.2. The molecule has 3 aliphatic rings. The maximum absolute atomic E-state index is 14.9. The number of carbonyl (C=O) groups is 2. The van der Waals surface area contributed by atoms with Crippen molar-refractivity contribution in [2.24, 2.45) is 5.92 Å². The number of fused-ring (bicyclic) bond motifs is 1. The molecule has 5 rings (SSSR count). The van der Waals surface area contributed by atoms with Crippen LogP contribution < -0.4 is 10.6 Å². The molecular weight excluding hydrogens is 574 g/mol. The van der Waals surface area contributed by atoms with Crippen LogP contribution in [0.5, 0.6) is 0 Å². The number of hydrogen-bond acceptors (Lipinski definition) is 6. The summed E-state index contributed by atoms with van der Waals surface area (Å²) in [5.74, 6) is -5.28. The van der Waals surface area contributed by atoms with Crippen LogP contribution >= 0.6 is 0 Å². The maximum atomic E-state index is 14.9. The number of carbonyl (C=O) groups excluding carboxylic acids is 2. The SMILES string of the molecule is COC[C@H](c1cnn2cc([C@@H](NC(=O)/C(F)=C3\CCOC3)C3CCC(F)(F)CC3)nc2c1)N1C[C@@H](C(F)(F)F)NC1=O. The summed E-state index contributed by atoms with van der Waals surface area (Å²) < 4.78 is 94.2. The monoisotopic (exact) mass is 604 g/mol. The predicted octanol–water partition coefficient (Wildman–Crippen LogP) is 4.00. The Morgan fingerprint density at radius 1 is 1.31 bits per heavy atom. The van der Waals surface area contributed by atoms with Crippen LogP contribution in [0.4, 0.5) is 31.1 Å². The van der Waals surface area contributed by atoms with E-state index >= 15 is 0 Å². The number of halogens is 6. The quantitative estimate of drug-likeness (QED) is 0.348. The standard InChI is InChI=1S/C26H30F6N6O4/c1-41-13-18(37-11-19(26(30,31)32)35-24(37)40)16-8-20-34-17(10-38(20)33-9-16)22(14-2-5-25(28,29)6-3-14)36-23(39)21(27)15-4-7-42-12-15/h8-10,14,18-19,22H,2-7,11-13H2,1H3,(H,35,40)(H,36,39)/b21-15-/t18-,19+,22+/m1/s1. The summed E-state index contributed by atoms with van der Waals surface area (Å²) in [5, 5.41) is 8.84. The first kappa shape index (κ1) is 30.1. The summed E-state index contributed by atoms with van der Waals surface area (Å²) in [4.78, 5) is 30.8. The molecule has 2 aliphatic heterocycles. The molecule has 230 valence electrons. The summed E-state index contributed by atoms with van der Waals surface area (Å²) in [6.45, 7) is -0.483. The highest BCUT2D eigenvalue weighted by Gasteiger charge is 2.48. The van der Waals surface area contributed by atoms with Crippen LogP contribution in [0.25, 0.3) is 5.65 Å². The number of nitrogens with zero attached hydrogens (tertiary/aromatic N) is 4. The Hall–Kier alpha value is -3.40. The van der Waals surface area contributed by atoms with E-state index in [0.717, 1.165) is 4.90 Å². The Morgan fingerprint density at radius 3 is 2.67 bits per heavy atom. The smallest absolute Gasteiger partial charge is 0.382 e. The highest BCUT2D eigenvalue weighted by Crippen LogP contribution is 2.41. The fraction of sp³-hybridized carbons (Fsp3) is 0.615. The molecule has 3 amide bonds. The molecule has 16 heteroatoms. The lowest BCUT2D eigenvalue weighted by atomic mass is 9.81. The molecule has 4 heterocycles. The van der Waals surface area contributed by atoms with E-state index in [0.29, 0.717) is 5.56 Å². The molecule has 0 radical (unpaired) electrons. The minimum absolute atomic E-state index is 0.0119. The average Bonchev–Trinajstić information content (AvgIpc) is 3.69.